The van der Waals surface area contributed by atoms with Gasteiger partial charge in [-0.2, -0.15) is 0 Å². The summed E-state index contributed by atoms with van der Waals surface area (Å²) in [5.74, 6) is -0.677. The van der Waals surface area contributed by atoms with Crippen LogP contribution in [0.15, 0.2) is 67.0 Å². The van der Waals surface area contributed by atoms with Crippen LogP contribution in [0.25, 0.3) is 5.69 Å². The number of amides is 3. The van der Waals surface area contributed by atoms with E-state index in [9.17, 15) is 27.2 Å². The van der Waals surface area contributed by atoms with Crippen molar-refractivity contribution in [1.82, 2.24) is 20.1 Å². The van der Waals surface area contributed by atoms with Crippen molar-refractivity contribution in [2.45, 2.75) is 45.2 Å². The van der Waals surface area contributed by atoms with Crippen LogP contribution in [0.2, 0.25) is 0 Å². The number of ether oxygens (including phenoxy) is 2. The molecule has 1 unspecified atom stereocenters. The molecule has 1 saturated heterocycles. The van der Waals surface area contributed by atoms with Crippen LogP contribution < -0.4 is 25.0 Å². The minimum atomic E-state index is -4.79. The van der Waals surface area contributed by atoms with Crippen molar-refractivity contribution in [1.29, 1.82) is 0 Å². The van der Waals surface area contributed by atoms with Crippen molar-refractivity contribution in [2.75, 3.05) is 16.0 Å². The Bertz CT molecular complexity index is 1680. The van der Waals surface area contributed by atoms with Crippen LogP contribution in [0.1, 0.15) is 30.3 Å². The Labute approximate surface area is 259 Å². The summed E-state index contributed by atoms with van der Waals surface area (Å²) >= 11 is 1.27. The highest BCUT2D eigenvalue weighted by atomic mass is 32.2. The normalized spacial score (nSPS) is 14.8. The third-order valence-corrected chi connectivity index (χ3v) is 7.63. The minimum absolute atomic E-state index is 0.0942. The Hall–Kier alpha value is -4.79. The maximum Gasteiger partial charge on any atom is 0.573 e. The van der Waals surface area contributed by atoms with E-state index < -0.39 is 23.7 Å². The summed E-state index contributed by atoms with van der Waals surface area (Å²) in [6.07, 6.45) is -1.77. The van der Waals surface area contributed by atoms with Crippen LogP contribution in [-0.4, -0.2) is 44.3 Å². The van der Waals surface area contributed by atoms with Crippen molar-refractivity contribution in [3.05, 3.63) is 89.8 Å². The lowest BCUT2D eigenvalue weighted by molar-refractivity contribution is -0.274. The van der Waals surface area contributed by atoms with Gasteiger partial charge in [0.25, 0.3) is 0 Å². The lowest BCUT2D eigenvalue weighted by atomic mass is 10.0. The quantitative estimate of drug-likeness (QED) is 0.194. The summed E-state index contributed by atoms with van der Waals surface area (Å²) in [7, 11) is 0. The monoisotopic (exact) mass is 644 g/mol. The van der Waals surface area contributed by atoms with Gasteiger partial charge in [-0.25, -0.2) is 18.9 Å². The lowest BCUT2D eigenvalue weighted by Crippen LogP contribution is -2.46. The number of aryl methyl sites for hydroxylation is 2. The topological polar surface area (TPSA) is 111 Å². The van der Waals surface area contributed by atoms with Gasteiger partial charge in [-0.15, -0.1) is 30.0 Å². The molecule has 0 saturated carbocycles. The molecule has 0 bridgehead atoms. The number of aromatic nitrogens is 3. The Morgan fingerprint density at radius 3 is 2.56 bits per heavy atom. The highest BCUT2D eigenvalue weighted by molar-refractivity contribution is 8.01. The zero-order valence-corrected chi connectivity index (χ0v) is 24.9. The van der Waals surface area contributed by atoms with Gasteiger partial charge in [0.05, 0.1) is 22.8 Å². The fraction of sp³-hybridized carbons (Fsp3) is 0.267. The van der Waals surface area contributed by atoms with Crippen LogP contribution in [-0.2, 0) is 17.8 Å². The van der Waals surface area contributed by atoms with E-state index in [-0.39, 0.29) is 41.3 Å². The lowest BCUT2D eigenvalue weighted by Gasteiger charge is -2.27. The van der Waals surface area contributed by atoms with Crippen LogP contribution in [0.5, 0.6) is 11.5 Å². The van der Waals surface area contributed by atoms with E-state index in [1.807, 2.05) is 25.1 Å². The molecule has 45 heavy (non-hydrogen) atoms. The molecular weight excluding hydrogens is 616 g/mol. The predicted molar refractivity (Wildman–Crippen MR) is 160 cm³/mol. The number of rotatable bonds is 10. The first-order chi connectivity index (χ1) is 21.5. The first kappa shape index (κ1) is 31.6. The fourth-order valence-electron chi connectivity index (χ4n) is 4.56. The molecule has 3 amide bonds. The van der Waals surface area contributed by atoms with Crippen molar-refractivity contribution in [3.8, 4) is 17.2 Å². The van der Waals surface area contributed by atoms with E-state index in [4.69, 9.17) is 4.74 Å². The number of nitrogens with zero attached hydrogens (tertiary/aromatic N) is 4. The van der Waals surface area contributed by atoms with Gasteiger partial charge < -0.3 is 20.1 Å². The number of anilines is 2. The largest absolute Gasteiger partial charge is 0.573 e. The molecule has 1 aliphatic heterocycles. The van der Waals surface area contributed by atoms with Crippen LogP contribution in [0.4, 0.5) is 33.7 Å². The van der Waals surface area contributed by atoms with Crippen molar-refractivity contribution in [2.24, 2.45) is 0 Å². The van der Waals surface area contributed by atoms with Crippen molar-refractivity contribution >= 4 is 35.1 Å². The number of halogens is 4. The molecule has 5 rings (SSSR count). The molecule has 1 aliphatic rings. The SMILES string of the molecule is CCCc1ccc(C)cc1N1C(=O)CSC1NC(=O)Nc1ccc(OCc2ncn(-c3ccc(OC(F)(F)F)cc3)n2)cc1F. The highest BCUT2D eigenvalue weighted by Crippen LogP contribution is 2.33. The number of urea groups is 1. The number of hydrogen-bond donors (Lipinski definition) is 2. The first-order valence-corrected chi connectivity index (χ1v) is 14.8. The average Bonchev–Trinajstić information content (AvgIpc) is 3.60. The maximum absolute atomic E-state index is 14.9. The highest BCUT2D eigenvalue weighted by Gasteiger charge is 2.35. The molecule has 236 valence electrons. The molecule has 4 aromatic rings. The van der Waals surface area contributed by atoms with Crippen LogP contribution in [0.3, 0.4) is 0 Å². The molecule has 15 heteroatoms. The van der Waals surface area contributed by atoms with Gasteiger partial charge in [-0.05, 0) is 66.9 Å². The second-order valence-corrected chi connectivity index (χ2v) is 11.1. The number of carbonyl (C=O) groups is 2. The Kier molecular flexibility index (Phi) is 9.46. The number of carbonyl (C=O) groups excluding carboxylic acids is 2. The van der Waals surface area contributed by atoms with Crippen LogP contribution >= 0.6 is 11.8 Å². The van der Waals surface area contributed by atoms with Gasteiger partial charge in [0.2, 0.25) is 5.91 Å². The Balaban J connectivity index is 1.17. The second-order valence-electron chi connectivity index (χ2n) is 9.99. The number of alkyl halides is 3. The molecule has 0 aliphatic carbocycles. The minimum Gasteiger partial charge on any atom is -0.485 e. The standard InChI is InChI=1S/C30H28F4N6O4S/c1-3-4-19-6-5-18(2)13-25(19)40-27(41)16-45-29(40)37-28(42)36-24-12-11-22(14-23(24)31)43-15-26-35-17-39(38-26)20-7-9-21(10-8-20)44-30(32,33)34/h5-14,17,29H,3-4,15-16H2,1-2H3,(H2,36,37,42). The number of hydrogen-bond acceptors (Lipinski definition) is 7. The molecule has 0 spiro atoms. The predicted octanol–water partition coefficient (Wildman–Crippen LogP) is 6.33. The number of benzene rings is 3. The first-order valence-electron chi connectivity index (χ1n) is 13.8. The van der Waals surface area contributed by atoms with E-state index >= 15 is 0 Å². The maximum atomic E-state index is 14.9. The Morgan fingerprint density at radius 1 is 1.09 bits per heavy atom. The molecule has 1 atom stereocenters. The molecule has 3 aromatic carbocycles. The smallest absolute Gasteiger partial charge is 0.485 e. The van der Waals surface area contributed by atoms with Crippen molar-refractivity contribution < 1.29 is 36.6 Å². The van der Waals surface area contributed by atoms with Gasteiger partial charge in [0.1, 0.15) is 30.3 Å². The average molecular weight is 645 g/mol. The fourth-order valence-corrected chi connectivity index (χ4v) is 5.57. The molecule has 2 heterocycles. The van der Waals surface area contributed by atoms with Gasteiger partial charge in [-0.1, -0.05) is 25.5 Å². The van der Waals surface area contributed by atoms with E-state index in [2.05, 4.69) is 32.4 Å². The molecule has 2 N–H and O–H groups in total. The van der Waals surface area contributed by atoms with Gasteiger partial charge >= 0.3 is 12.4 Å². The van der Waals surface area contributed by atoms with E-state index in [0.29, 0.717) is 5.69 Å². The number of nitrogens with one attached hydrogen (secondary N) is 2. The van der Waals surface area contributed by atoms with Gasteiger partial charge in [0.15, 0.2) is 11.3 Å². The second kappa shape index (κ2) is 13.5. The third-order valence-electron chi connectivity index (χ3n) is 6.57. The summed E-state index contributed by atoms with van der Waals surface area (Å²) < 4.78 is 62.8. The summed E-state index contributed by atoms with van der Waals surface area (Å²) in [5.41, 5.74) is 2.41. The summed E-state index contributed by atoms with van der Waals surface area (Å²) in [5, 5.41) is 9.45. The zero-order chi connectivity index (χ0) is 32.1. The van der Waals surface area contributed by atoms with Gasteiger partial charge in [0, 0.05) is 6.07 Å². The molecule has 1 aromatic heterocycles. The molecule has 0 radical (unpaired) electrons. The van der Waals surface area contributed by atoms with Gasteiger partial charge in [-0.3, -0.25) is 9.69 Å². The van der Waals surface area contributed by atoms with E-state index in [1.165, 1.54) is 47.0 Å². The van der Waals surface area contributed by atoms with Crippen molar-refractivity contribution in [3.63, 3.8) is 0 Å². The zero-order valence-electron chi connectivity index (χ0n) is 24.1. The summed E-state index contributed by atoms with van der Waals surface area (Å²) in [6.45, 7) is 3.86. The van der Waals surface area contributed by atoms with E-state index in [1.54, 1.807) is 4.90 Å². The summed E-state index contributed by atoms with van der Waals surface area (Å²) in [4.78, 5) is 31.3. The number of thioether (sulfide) groups is 1. The molecular formula is C30H28F4N6O4S. The Morgan fingerprint density at radius 2 is 1.84 bits per heavy atom. The molecule has 1 fully saturated rings. The molecule has 10 nitrogen and oxygen atoms in total. The third kappa shape index (κ3) is 8.03. The van der Waals surface area contributed by atoms with E-state index in [0.717, 1.165) is 47.9 Å². The van der Waals surface area contributed by atoms with Crippen LogP contribution in [0, 0.1) is 12.7 Å². The summed E-state index contributed by atoms with van der Waals surface area (Å²) in [6, 6.07) is 14.2.